The van der Waals surface area contributed by atoms with Gasteiger partial charge in [0.05, 0.1) is 12.2 Å². The van der Waals surface area contributed by atoms with Gasteiger partial charge in [-0.05, 0) is 49.7 Å². The summed E-state index contributed by atoms with van der Waals surface area (Å²) >= 11 is 0. The molecule has 1 aromatic carbocycles. The molecule has 1 N–H and O–H groups in total. The fourth-order valence-corrected chi connectivity index (χ4v) is 3.25. The molecule has 0 fully saturated rings. The molecule has 32 heavy (non-hydrogen) atoms. The molecule has 8 nitrogen and oxygen atoms in total. The first-order valence-electron chi connectivity index (χ1n) is 11.3. The smallest absolute Gasteiger partial charge is 0.254 e. The number of pyridine rings is 1. The van der Waals surface area contributed by atoms with E-state index in [9.17, 15) is 14.4 Å². The highest BCUT2D eigenvalue weighted by molar-refractivity contribution is 5.95. The maximum absolute atomic E-state index is 14.2. The number of halogens is 1. The maximum atomic E-state index is 14.2. The lowest BCUT2D eigenvalue weighted by Crippen LogP contribution is -2.28. The van der Waals surface area contributed by atoms with Crippen molar-refractivity contribution < 1.29 is 18.0 Å². The van der Waals surface area contributed by atoms with Gasteiger partial charge in [0.1, 0.15) is 23.7 Å². The number of aromatic nitrogens is 3. The molecule has 0 bridgehead atoms. The van der Waals surface area contributed by atoms with Crippen molar-refractivity contribution in [1.82, 2.24) is 19.7 Å². The number of hydrogen-bond donors (Lipinski definition) is 1. The second kappa shape index (κ2) is 9.47. The molecule has 0 unspecified atom stereocenters. The normalized spacial score (nSPS) is 13.3. The molecule has 0 aliphatic carbocycles. The van der Waals surface area contributed by atoms with Gasteiger partial charge in [0, 0.05) is 42.5 Å². The molecular formula is C23H25FN6O2. The largest absolute Gasteiger partial charge is 0.482 e. The number of amides is 1. The van der Waals surface area contributed by atoms with Crippen LogP contribution in [0.15, 0.2) is 36.5 Å². The second-order valence-corrected chi connectivity index (χ2v) is 7.31. The summed E-state index contributed by atoms with van der Waals surface area (Å²) in [6.07, 6.45) is 0.981. The SMILES string of the molecule is [2H]C([2H])([2H])n1nc(CN(C)C(=O)c2ccc(F)cc2[C@@H](C)Oc2cc(C)cnc2NC)cc1C#N. The molecule has 0 aliphatic heterocycles. The van der Waals surface area contributed by atoms with Crippen LogP contribution < -0.4 is 10.1 Å². The topological polar surface area (TPSA) is 96.1 Å². The van der Waals surface area contributed by atoms with Gasteiger partial charge in [-0.2, -0.15) is 10.4 Å². The van der Waals surface area contributed by atoms with E-state index >= 15 is 0 Å². The number of benzene rings is 1. The third kappa shape index (κ3) is 4.86. The molecule has 0 spiro atoms. The number of anilines is 1. The van der Waals surface area contributed by atoms with E-state index in [4.69, 9.17) is 8.85 Å². The summed E-state index contributed by atoms with van der Waals surface area (Å²) in [5, 5.41) is 16.1. The Kier molecular flexibility index (Phi) is 5.57. The Morgan fingerprint density at radius 3 is 2.88 bits per heavy atom. The van der Waals surface area contributed by atoms with E-state index in [1.807, 2.05) is 6.92 Å². The van der Waals surface area contributed by atoms with E-state index in [2.05, 4.69) is 15.4 Å². The van der Waals surface area contributed by atoms with Gasteiger partial charge in [-0.3, -0.25) is 9.48 Å². The van der Waals surface area contributed by atoms with Crippen molar-refractivity contribution in [3.63, 3.8) is 0 Å². The summed E-state index contributed by atoms with van der Waals surface area (Å²) in [5.74, 6) is -0.0215. The van der Waals surface area contributed by atoms with E-state index in [-0.39, 0.29) is 23.5 Å². The van der Waals surface area contributed by atoms with Gasteiger partial charge in [-0.25, -0.2) is 9.37 Å². The van der Waals surface area contributed by atoms with Crippen LogP contribution in [0.4, 0.5) is 10.2 Å². The van der Waals surface area contributed by atoms with E-state index in [1.54, 1.807) is 32.3 Å². The number of carbonyl (C=O) groups excluding carboxylic acids is 1. The first-order chi connectivity index (χ1) is 16.4. The zero-order valence-electron chi connectivity index (χ0n) is 21.2. The Bertz CT molecular complexity index is 1290. The minimum atomic E-state index is -2.63. The zero-order valence-corrected chi connectivity index (χ0v) is 18.2. The summed E-state index contributed by atoms with van der Waals surface area (Å²) in [5.41, 5.74) is 1.50. The van der Waals surface area contributed by atoms with Crippen LogP contribution in [0.2, 0.25) is 0 Å². The fraction of sp³-hybridized carbons (Fsp3) is 0.304. The van der Waals surface area contributed by atoms with Crippen molar-refractivity contribution >= 4 is 11.7 Å². The summed E-state index contributed by atoms with van der Waals surface area (Å²) in [6, 6.07) is 8.69. The monoisotopic (exact) mass is 439 g/mol. The Balaban J connectivity index is 1.88. The van der Waals surface area contributed by atoms with Gasteiger partial charge in [0.2, 0.25) is 0 Å². The van der Waals surface area contributed by atoms with Crippen LogP contribution in [-0.2, 0) is 13.5 Å². The van der Waals surface area contributed by atoms with Gasteiger partial charge in [0.15, 0.2) is 11.6 Å². The van der Waals surface area contributed by atoms with Crippen molar-refractivity contribution in [1.29, 1.82) is 5.26 Å². The standard InChI is InChI=1S/C23H25FN6O2/c1-14-8-21(22(26-3)27-12-14)32-15(2)20-9-16(24)6-7-19(20)23(31)29(4)13-17-10-18(11-25)30(5)28-17/h6-10,12,15H,13H2,1-5H3,(H,26,27)/t15-/m1/s1/i5D3. The molecule has 3 aromatic rings. The molecule has 0 saturated heterocycles. The Hall–Kier alpha value is -3.93. The van der Waals surface area contributed by atoms with Crippen LogP contribution in [0.1, 0.15) is 50.0 Å². The van der Waals surface area contributed by atoms with Crippen LogP contribution in [0.3, 0.4) is 0 Å². The summed E-state index contributed by atoms with van der Waals surface area (Å²) in [6.45, 7) is 0.875. The molecule has 0 aliphatic rings. The van der Waals surface area contributed by atoms with Crippen LogP contribution >= 0.6 is 0 Å². The molecule has 2 aromatic heterocycles. The van der Waals surface area contributed by atoms with Crippen LogP contribution in [0.5, 0.6) is 5.75 Å². The molecule has 9 heteroatoms. The predicted molar refractivity (Wildman–Crippen MR) is 118 cm³/mol. The number of ether oxygens (including phenoxy) is 1. The van der Waals surface area contributed by atoms with E-state index < -0.39 is 24.8 Å². The fourth-order valence-electron chi connectivity index (χ4n) is 3.25. The Morgan fingerprint density at radius 2 is 2.22 bits per heavy atom. The summed E-state index contributed by atoms with van der Waals surface area (Å²) in [7, 11) is 3.21. The molecule has 166 valence electrons. The van der Waals surface area contributed by atoms with Crippen molar-refractivity contribution in [2.24, 2.45) is 6.98 Å². The zero-order chi connectivity index (χ0) is 25.9. The maximum Gasteiger partial charge on any atom is 0.254 e. The molecule has 0 saturated carbocycles. The first-order valence-corrected chi connectivity index (χ1v) is 9.80. The lowest BCUT2D eigenvalue weighted by molar-refractivity contribution is 0.0778. The number of nitrogens with one attached hydrogen (secondary N) is 1. The average molecular weight is 440 g/mol. The summed E-state index contributed by atoms with van der Waals surface area (Å²) in [4.78, 5) is 18.9. The Morgan fingerprint density at radius 1 is 1.44 bits per heavy atom. The van der Waals surface area contributed by atoms with Gasteiger partial charge in [0.25, 0.3) is 5.91 Å². The molecule has 1 amide bonds. The van der Waals surface area contributed by atoms with E-state index in [0.29, 0.717) is 21.8 Å². The van der Waals surface area contributed by atoms with Crippen molar-refractivity contribution in [2.45, 2.75) is 26.5 Å². The summed E-state index contributed by atoms with van der Waals surface area (Å²) < 4.78 is 43.4. The molecular weight excluding hydrogens is 411 g/mol. The third-order valence-corrected chi connectivity index (χ3v) is 4.83. The number of aryl methyl sites for hydroxylation is 2. The van der Waals surface area contributed by atoms with Crippen molar-refractivity contribution in [2.75, 3.05) is 19.4 Å². The van der Waals surface area contributed by atoms with Gasteiger partial charge in [-0.15, -0.1) is 0 Å². The molecule has 2 heterocycles. The highest BCUT2D eigenvalue weighted by Crippen LogP contribution is 2.30. The van der Waals surface area contributed by atoms with Gasteiger partial charge in [-0.1, -0.05) is 0 Å². The van der Waals surface area contributed by atoms with E-state index in [1.165, 1.54) is 36.2 Å². The molecule has 3 rings (SSSR count). The number of rotatable bonds is 7. The highest BCUT2D eigenvalue weighted by Gasteiger charge is 2.23. The minimum Gasteiger partial charge on any atom is -0.482 e. The third-order valence-electron chi connectivity index (χ3n) is 4.83. The Labute approximate surface area is 190 Å². The number of nitriles is 1. The quantitative estimate of drug-likeness (QED) is 0.604. The average Bonchev–Trinajstić information content (AvgIpc) is 3.22. The number of carbonyl (C=O) groups is 1. The van der Waals surface area contributed by atoms with Crippen LogP contribution in [0, 0.1) is 24.1 Å². The lowest BCUT2D eigenvalue weighted by Gasteiger charge is -2.22. The van der Waals surface area contributed by atoms with Crippen LogP contribution in [0.25, 0.3) is 0 Å². The van der Waals surface area contributed by atoms with Gasteiger partial charge >= 0.3 is 0 Å². The van der Waals surface area contributed by atoms with Gasteiger partial charge < -0.3 is 15.0 Å². The van der Waals surface area contributed by atoms with E-state index in [0.717, 1.165) is 5.56 Å². The molecule has 0 radical (unpaired) electrons. The minimum absolute atomic E-state index is 0.0612. The first kappa shape index (κ1) is 18.8. The number of hydrogen-bond acceptors (Lipinski definition) is 6. The second-order valence-electron chi connectivity index (χ2n) is 7.31. The molecule has 1 atom stereocenters. The van der Waals surface area contributed by atoms with Crippen molar-refractivity contribution in [3.05, 3.63) is 70.4 Å². The lowest BCUT2D eigenvalue weighted by atomic mass is 10.0. The number of nitrogens with zero attached hydrogens (tertiary/aromatic N) is 5. The van der Waals surface area contributed by atoms with Crippen molar-refractivity contribution in [3.8, 4) is 11.8 Å². The predicted octanol–water partition coefficient (Wildman–Crippen LogP) is 3.59. The van der Waals surface area contributed by atoms with Crippen LogP contribution in [-0.4, -0.2) is 39.7 Å². The highest BCUT2D eigenvalue weighted by atomic mass is 19.1.